The van der Waals surface area contributed by atoms with E-state index in [1.807, 2.05) is 49.1 Å². The van der Waals surface area contributed by atoms with Gasteiger partial charge in [0.1, 0.15) is 0 Å². The molecule has 26 heavy (non-hydrogen) atoms. The minimum atomic E-state index is -2.96. The number of anilines is 1. The van der Waals surface area contributed by atoms with Gasteiger partial charge in [0.25, 0.3) is 0 Å². The second-order valence-corrected chi connectivity index (χ2v) is 9.04. The monoisotopic (exact) mass is 376 g/mol. The maximum atomic E-state index is 12.5. The zero-order valence-corrected chi connectivity index (χ0v) is 16.1. The summed E-state index contributed by atoms with van der Waals surface area (Å²) in [5, 5.41) is 7.45. The minimum absolute atomic E-state index is 0.0972. The van der Waals surface area contributed by atoms with Crippen molar-refractivity contribution < 1.29 is 13.2 Å². The summed E-state index contributed by atoms with van der Waals surface area (Å²) < 4.78 is 25.0. The third-order valence-corrected chi connectivity index (χ3v) is 6.53. The Morgan fingerprint density at radius 2 is 2.00 bits per heavy atom. The number of aromatic nitrogens is 2. The number of nitrogens with zero attached hydrogens (tertiary/aromatic N) is 3. The van der Waals surface area contributed by atoms with Crippen molar-refractivity contribution in [1.82, 2.24) is 14.7 Å². The third kappa shape index (κ3) is 3.96. The Hall–Kier alpha value is -2.19. The second-order valence-electron chi connectivity index (χ2n) is 6.81. The first-order valence-electron chi connectivity index (χ1n) is 8.59. The number of hydrogen-bond donors (Lipinski definition) is 1. The number of rotatable bonds is 5. The van der Waals surface area contributed by atoms with Crippen molar-refractivity contribution in [2.24, 2.45) is 0 Å². The van der Waals surface area contributed by atoms with Crippen molar-refractivity contribution in [3.63, 3.8) is 0 Å². The van der Waals surface area contributed by atoms with Crippen LogP contribution in [0.5, 0.6) is 0 Å². The summed E-state index contributed by atoms with van der Waals surface area (Å²) in [6.07, 6.45) is 0.579. The van der Waals surface area contributed by atoms with Crippen molar-refractivity contribution in [3.05, 3.63) is 41.7 Å². The molecule has 0 saturated carbocycles. The average molecular weight is 376 g/mol. The van der Waals surface area contributed by atoms with E-state index < -0.39 is 9.84 Å². The highest BCUT2D eigenvalue weighted by atomic mass is 32.2. The zero-order chi connectivity index (χ0) is 18.9. The molecule has 3 rings (SSSR count). The van der Waals surface area contributed by atoms with Crippen LogP contribution in [0.3, 0.4) is 0 Å². The lowest BCUT2D eigenvalue weighted by Gasteiger charge is -2.22. The van der Waals surface area contributed by atoms with Crippen LogP contribution < -0.4 is 5.32 Å². The molecule has 1 aromatic carbocycles. The molecule has 0 aliphatic carbocycles. The van der Waals surface area contributed by atoms with Crippen LogP contribution in [0.4, 0.5) is 5.69 Å². The van der Waals surface area contributed by atoms with Crippen LogP contribution in [0.2, 0.25) is 0 Å². The van der Waals surface area contributed by atoms with E-state index in [0.717, 1.165) is 17.1 Å². The number of amides is 1. The smallest absolute Gasteiger partial charge is 0.238 e. The molecule has 1 aliphatic heterocycles. The van der Waals surface area contributed by atoms with Crippen molar-refractivity contribution in [3.8, 4) is 5.69 Å². The van der Waals surface area contributed by atoms with Gasteiger partial charge in [0.2, 0.25) is 5.91 Å². The quantitative estimate of drug-likeness (QED) is 0.856. The Morgan fingerprint density at radius 1 is 1.31 bits per heavy atom. The van der Waals surface area contributed by atoms with Gasteiger partial charge in [0.15, 0.2) is 9.84 Å². The van der Waals surface area contributed by atoms with Crippen LogP contribution in [0.1, 0.15) is 17.8 Å². The van der Waals surface area contributed by atoms with E-state index in [2.05, 4.69) is 10.4 Å². The van der Waals surface area contributed by atoms with Crippen LogP contribution in [-0.4, -0.2) is 60.1 Å². The Balaban J connectivity index is 1.69. The van der Waals surface area contributed by atoms with Crippen molar-refractivity contribution in [1.29, 1.82) is 0 Å². The maximum absolute atomic E-state index is 12.5. The molecule has 140 valence electrons. The lowest BCUT2D eigenvalue weighted by atomic mass is 10.2. The van der Waals surface area contributed by atoms with Crippen LogP contribution in [0.25, 0.3) is 5.69 Å². The molecule has 1 unspecified atom stereocenters. The van der Waals surface area contributed by atoms with Gasteiger partial charge < -0.3 is 5.32 Å². The largest absolute Gasteiger partial charge is 0.322 e. The standard InChI is InChI=1S/C18H24N4O3S/c1-13-18(14(2)22(20-13)15-7-5-4-6-8-15)19-17(23)11-21(3)16-9-10-26(24,25)12-16/h4-8,16H,9-12H2,1-3H3,(H,19,23). The van der Waals surface area contributed by atoms with Gasteiger partial charge in [-0.2, -0.15) is 5.10 Å². The highest BCUT2D eigenvalue weighted by molar-refractivity contribution is 7.91. The van der Waals surface area contributed by atoms with Crippen LogP contribution in [0, 0.1) is 13.8 Å². The van der Waals surface area contributed by atoms with E-state index in [-0.39, 0.29) is 30.0 Å². The third-order valence-electron chi connectivity index (χ3n) is 4.78. The molecule has 1 aromatic heterocycles. The van der Waals surface area contributed by atoms with Gasteiger partial charge in [-0.05, 0) is 39.4 Å². The molecule has 1 aliphatic rings. The number of nitrogens with one attached hydrogen (secondary N) is 1. The minimum Gasteiger partial charge on any atom is -0.322 e. The summed E-state index contributed by atoms with van der Waals surface area (Å²) in [6, 6.07) is 9.64. The summed E-state index contributed by atoms with van der Waals surface area (Å²) >= 11 is 0. The van der Waals surface area contributed by atoms with Crippen molar-refractivity contribution in [2.45, 2.75) is 26.3 Å². The number of sulfone groups is 1. The fourth-order valence-corrected chi connectivity index (χ4v) is 5.11. The van der Waals surface area contributed by atoms with E-state index in [4.69, 9.17) is 0 Å². The summed E-state index contributed by atoms with van der Waals surface area (Å²) in [6.45, 7) is 3.92. The highest BCUT2D eigenvalue weighted by Gasteiger charge is 2.31. The molecule has 1 atom stereocenters. The van der Waals surface area contributed by atoms with E-state index in [1.54, 1.807) is 11.7 Å². The molecule has 0 radical (unpaired) electrons. The van der Waals surface area contributed by atoms with Crippen LogP contribution in [-0.2, 0) is 14.6 Å². The predicted molar refractivity (Wildman–Crippen MR) is 101 cm³/mol. The molecule has 1 saturated heterocycles. The summed E-state index contributed by atoms with van der Waals surface area (Å²) in [5.41, 5.74) is 3.23. The van der Waals surface area contributed by atoms with Gasteiger partial charge in [-0.3, -0.25) is 9.69 Å². The molecular formula is C18H24N4O3S. The van der Waals surface area contributed by atoms with Gasteiger partial charge in [0, 0.05) is 6.04 Å². The highest BCUT2D eigenvalue weighted by Crippen LogP contribution is 2.23. The second kappa shape index (κ2) is 7.20. The number of para-hydroxylation sites is 1. The number of carbonyl (C=O) groups excluding carboxylic acids is 1. The molecule has 1 fully saturated rings. The van der Waals surface area contributed by atoms with Gasteiger partial charge in [-0.25, -0.2) is 13.1 Å². The maximum Gasteiger partial charge on any atom is 0.238 e. The van der Waals surface area contributed by atoms with E-state index in [9.17, 15) is 13.2 Å². The number of benzene rings is 1. The van der Waals surface area contributed by atoms with E-state index in [1.165, 1.54) is 0 Å². The van der Waals surface area contributed by atoms with E-state index in [0.29, 0.717) is 12.1 Å². The number of carbonyl (C=O) groups is 1. The lowest BCUT2D eigenvalue weighted by Crippen LogP contribution is -2.38. The molecule has 1 N–H and O–H groups in total. The van der Waals surface area contributed by atoms with Crippen molar-refractivity contribution in [2.75, 3.05) is 30.4 Å². The van der Waals surface area contributed by atoms with Gasteiger partial charge in [-0.1, -0.05) is 18.2 Å². The topological polar surface area (TPSA) is 84.3 Å². The summed E-state index contributed by atoms with van der Waals surface area (Å²) in [7, 11) is -1.17. The summed E-state index contributed by atoms with van der Waals surface area (Å²) in [4.78, 5) is 14.3. The Labute approximate surface area is 153 Å². The first-order valence-corrected chi connectivity index (χ1v) is 10.4. The lowest BCUT2D eigenvalue weighted by molar-refractivity contribution is -0.117. The number of likely N-dealkylation sites (N-methyl/N-ethyl adjacent to an activating group) is 1. The molecule has 2 aromatic rings. The fourth-order valence-electron chi connectivity index (χ4n) is 3.30. The molecule has 0 spiro atoms. The van der Waals surface area contributed by atoms with E-state index >= 15 is 0 Å². The molecular weight excluding hydrogens is 352 g/mol. The average Bonchev–Trinajstić information content (AvgIpc) is 3.09. The molecule has 0 bridgehead atoms. The van der Waals surface area contributed by atoms with Gasteiger partial charge in [-0.15, -0.1) is 0 Å². The molecule has 8 heteroatoms. The Bertz CT molecular complexity index is 906. The Morgan fingerprint density at radius 3 is 2.62 bits per heavy atom. The van der Waals surface area contributed by atoms with Crippen LogP contribution in [0.15, 0.2) is 30.3 Å². The fraction of sp³-hybridized carbons (Fsp3) is 0.444. The first-order chi connectivity index (χ1) is 12.3. The van der Waals surface area contributed by atoms with Crippen LogP contribution >= 0.6 is 0 Å². The molecule has 1 amide bonds. The number of hydrogen-bond acceptors (Lipinski definition) is 5. The molecule has 7 nitrogen and oxygen atoms in total. The number of aryl methyl sites for hydroxylation is 1. The summed E-state index contributed by atoms with van der Waals surface area (Å²) in [5.74, 6) is 0.155. The SMILES string of the molecule is Cc1nn(-c2ccccc2)c(C)c1NC(=O)CN(C)C1CCS(=O)(=O)C1. The zero-order valence-electron chi connectivity index (χ0n) is 15.3. The van der Waals surface area contributed by atoms with Gasteiger partial charge in [0.05, 0.1) is 40.8 Å². The van der Waals surface area contributed by atoms with Gasteiger partial charge >= 0.3 is 0 Å². The van der Waals surface area contributed by atoms with Crippen molar-refractivity contribution >= 4 is 21.4 Å². The first kappa shape index (κ1) is 18.6. The molecule has 2 heterocycles. The predicted octanol–water partition coefficient (Wildman–Crippen LogP) is 1.55. The Kier molecular flexibility index (Phi) is 5.15. The normalized spacial score (nSPS) is 19.0.